The van der Waals surface area contributed by atoms with Gasteiger partial charge in [-0.2, -0.15) is 0 Å². The molecule has 2 aromatic carbocycles. The van der Waals surface area contributed by atoms with Gasteiger partial charge in [0.15, 0.2) is 0 Å². The highest BCUT2D eigenvalue weighted by Gasteiger charge is 2.27. The normalized spacial score (nSPS) is 12.2. The van der Waals surface area contributed by atoms with E-state index < -0.39 is 6.04 Å². The molecule has 7 heteroatoms. The molecule has 3 aromatic rings. The molecule has 0 aliphatic carbocycles. The molecule has 0 N–H and O–H groups in total. The molecule has 0 fully saturated rings. The maximum atomic E-state index is 13.5. The minimum Gasteiger partial charge on any atom is -0.329 e. The number of fused-ring (bicyclic) bond motifs is 1. The number of benzene rings is 2. The molecule has 170 valence electrons. The Labute approximate surface area is 199 Å². The van der Waals surface area contributed by atoms with E-state index >= 15 is 0 Å². The van der Waals surface area contributed by atoms with Crippen molar-refractivity contribution in [1.29, 1.82) is 0 Å². The van der Waals surface area contributed by atoms with Crippen LogP contribution in [-0.4, -0.2) is 26.9 Å². The Hall–Kier alpha value is -2.37. The molecule has 0 aliphatic rings. The van der Waals surface area contributed by atoms with E-state index in [2.05, 4.69) is 6.92 Å². The summed E-state index contributed by atoms with van der Waals surface area (Å²) in [4.78, 5) is 33.3. The summed E-state index contributed by atoms with van der Waals surface area (Å²) in [5.74, 6) is 0.428. The zero-order valence-electron chi connectivity index (χ0n) is 18.8. The van der Waals surface area contributed by atoms with Crippen molar-refractivity contribution >= 4 is 40.0 Å². The minimum atomic E-state index is -0.393. The van der Waals surface area contributed by atoms with E-state index in [-0.39, 0.29) is 11.5 Å². The third kappa shape index (κ3) is 5.16. The highest BCUT2D eigenvalue weighted by Crippen LogP contribution is 2.27. The predicted octanol–water partition coefficient (Wildman–Crippen LogP) is 6.51. The van der Waals surface area contributed by atoms with Gasteiger partial charge in [0.1, 0.15) is 5.82 Å². The monoisotopic (exact) mass is 473 g/mol. The first-order valence-corrected chi connectivity index (χ1v) is 11.9. The molecule has 0 aliphatic heterocycles. The first-order chi connectivity index (χ1) is 15.4. The largest absolute Gasteiger partial charge is 0.329 e. The van der Waals surface area contributed by atoms with Crippen LogP contribution in [-0.2, 0) is 6.54 Å². The number of para-hydroxylation sites is 1. The molecule has 1 atom stereocenters. The first-order valence-electron chi connectivity index (χ1n) is 11.1. The number of carbonyl (C=O) groups is 1. The molecule has 1 unspecified atom stereocenters. The van der Waals surface area contributed by atoms with Crippen molar-refractivity contribution in [3.63, 3.8) is 0 Å². The molecule has 0 saturated carbocycles. The number of aromatic nitrogens is 2. The molecule has 0 bridgehead atoms. The van der Waals surface area contributed by atoms with Gasteiger partial charge >= 0.3 is 0 Å². The van der Waals surface area contributed by atoms with Crippen molar-refractivity contribution in [3.8, 4) is 0 Å². The quantitative estimate of drug-likeness (QED) is 0.333. The maximum absolute atomic E-state index is 13.5. The lowest BCUT2D eigenvalue weighted by atomic mass is 10.1. The molecule has 5 nitrogen and oxygen atoms in total. The summed E-state index contributed by atoms with van der Waals surface area (Å²) in [7, 11) is 0. The highest BCUT2D eigenvalue weighted by molar-refractivity contribution is 6.42. The van der Waals surface area contributed by atoms with Crippen LogP contribution in [0, 0.1) is 0 Å². The van der Waals surface area contributed by atoms with Crippen LogP contribution in [0.4, 0.5) is 0 Å². The second-order valence-electron chi connectivity index (χ2n) is 7.90. The zero-order chi connectivity index (χ0) is 23.3. The average Bonchev–Trinajstić information content (AvgIpc) is 2.80. The van der Waals surface area contributed by atoms with Crippen molar-refractivity contribution in [2.45, 2.75) is 59.0 Å². The van der Waals surface area contributed by atoms with Crippen LogP contribution in [0.1, 0.15) is 68.7 Å². The van der Waals surface area contributed by atoms with Crippen molar-refractivity contribution in [2.24, 2.45) is 0 Å². The smallest absolute Gasteiger partial charge is 0.261 e. The third-order valence-electron chi connectivity index (χ3n) is 5.73. The summed E-state index contributed by atoms with van der Waals surface area (Å²) < 4.78 is 1.66. The Morgan fingerprint density at radius 3 is 2.50 bits per heavy atom. The lowest BCUT2D eigenvalue weighted by Gasteiger charge is -2.30. The van der Waals surface area contributed by atoms with E-state index in [1.54, 1.807) is 33.7 Å². The molecule has 0 spiro atoms. The Bertz CT molecular complexity index is 1160. The summed E-state index contributed by atoms with van der Waals surface area (Å²) >= 11 is 12.2. The summed E-state index contributed by atoms with van der Waals surface area (Å²) in [5, 5.41) is 1.32. The second-order valence-corrected chi connectivity index (χ2v) is 8.72. The molecule has 3 rings (SSSR count). The van der Waals surface area contributed by atoms with Gasteiger partial charge in [0.2, 0.25) is 0 Å². The number of rotatable bonds is 9. The van der Waals surface area contributed by atoms with Gasteiger partial charge in [-0.1, -0.05) is 61.5 Å². The lowest BCUT2D eigenvalue weighted by molar-refractivity contribution is 0.0675. The number of hydrogen-bond donors (Lipinski definition) is 0. The van der Waals surface area contributed by atoms with Crippen molar-refractivity contribution in [3.05, 3.63) is 74.3 Å². The van der Waals surface area contributed by atoms with E-state index in [1.165, 1.54) is 0 Å². The molecule has 0 radical (unpaired) electrons. The fraction of sp³-hybridized carbons (Fsp3) is 0.400. The summed E-state index contributed by atoms with van der Waals surface area (Å²) in [6.07, 6.45) is 4.12. The van der Waals surface area contributed by atoms with Gasteiger partial charge < -0.3 is 4.90 Å². The Kier molecular flexibility index (Phi) is 8.32. The van der Waals surface area contributed by atoms with Crippen LogP contribution in [0.3, 0.4) is 0 Å². The molecule has 1 heterocycles. The maximum Gasteiger partial charge on any atom is 0.261 e. The number of halogens is 2. The first kappa shape index (κ1) is 24.3. The van der Waals surface area contributed by atoms with E-state index in [0.717, 1.165) is 25.7 Å². The molecule has 0 saturated heterocycles. The predicted molar refractivity (Wildman–Crippen MR) is 132 cm³/mol. The van der Waals surface area contributed by atoms with Gasteiger partial charge in [-0.25, -0.2) is 4.98 Å². The van der Waals surface area contributed by atoms with Crippen molar-refractivity contribution in [2.75, 3.05) is 6.54 Å². The summed E-state index contributed by atoms with van der Waals surface area (Å²) in [5.41, 5.74) is 1.01. The molecule has 1 amide bonds. The van der Waals surface area contributed by atoms with Gasteiger partial charge in [0, 0.05) is 18.7 Å². The molecule has 1 aromatic heterocycles. The van der Waals surface area contributed by atoms with Crippen LogP contribution in [0.2, 0.25) is 10.0 Å². The number of carbonyl (C=O) groups excluding carboxylic acids is 1. The van der Waals surface area contributed by atoms with Gasteiger partial charge in [0.05, 0.1) is 27.0 Å². The standard InChI is InChI=1S/C25H29Cl2N3O2/c1-4-6-7-10-15-30(24(31)18-13-14-20(26)21(27)16-18)17(3)23-28-22-12-9-8-11-19(22)25(32)29(23)5-2/h8-9,11-14,16-17H,4-7,10,15H2,1-3H3. The van der Waals surface area contributed by atoms with Crippen LogP contribution >= 0.6 is 23.2 Å². The van der Waals surface area contributed by atoms with Gasteiger partial charge in [-0.15, -0.1) is 0 Å². The summed E-state index contributed by atoms with van der Waals surface area (Å²) in [6.45, 7) is 7.03. The number of nitrogens with zero attached hydrogens (tertiary/aromatic N) is 3. The van der Waals surface area contributed by atoms with Gasteiger partial charge in [0.25, 0.3) is 11.5 Å². The van der Waals surface area contributed by atoms with Crippen LogP contribution in [0.5, 0.6) is 0 Å². The van der Waals surface area contributed by atoms with E-state index in [0.29, 0.717) is 45.4 Å². The van der Waals surface area contributed by atoms with Crippen LogP contribution < -0.4 is 5.56 Å². The fourth-order valence-electron chi connectivity index (χ4n) is 3.92. The van der Waals surface area contributed by atoms with E-state index in [1.807, 2.05) is 32.0 Å². The van der Waals surface area contributed by atoms with Gasteiger partial charge in [-0.05, 0) is 50.6 Å². The number of unbranched alkanes of at least 4 members (excludes halogenated alkanes) is 3. The van der Waals surface area contributed by atoms with Crippen molar-refractivity contribution < 1.29 is 4.79 Å². The fourth-order valence-corrected chi connectivity index (χ4v) is 4.22. The van der Waals surface area contributed by atoms with Crippen LogP contribution in [0.25, 0.3) is 10.9 Å². The lowest BCUT2D eigenvalue weighted by Crippen LogP contribution is -2.38. The Balaban J connectivity index is 2.04. The SMILES string of the molecule is CCCCCCN(C(=O)c1ccc(Cl)c(Cl)c1)C(C)c1nc2ccccc2c(=O)n1CC. The van der Waals surface area contributed by atoms with E-state index in [9.17, 15) is 9.59 Å². The van der Waals surface area contributed by atoms with E-state index in [4.69, 9.17) is 28.2 Å². The second kappa shape index (κ2) is 11.0. The molecular weight excluding hydrogens is 445 g/mol. The zero-order valence-corrected chi connectivity index (χ0v) is 20.3. The van der Waals surface area contributed by atoms with Crippen molar-refractivity contribution in [1.82, 2.24) is 14.5 Å². The minimum absolute atomic E-state index is 0.0899. The number of hydrogen-bond acceptors (Lipinski definition) is 3. The Morgan fingerprint density at radius 1 is 1.06 bits per heavy atom. The summed E-state index contributed by atoms with van der Waals surface area (Å²) in [6, 6.07) is 11.8. The molecular formula is C25H29Cl2N3O2. The van der Waals surface area contributed by atoms with Crippen LogP contribution in [0.15, 0.2) is 47.3 Å². The number of amides is 1. The third-order valence-corrected chi connectivity index (χ3v) is 6.47. The molecule has 32 heavy (non-hydrogen) atoms. The average molecular weight is 474 g/mol. The Morgan fingerprint density at radius 2 is 1.81 bits per heavy atom. The highest BCUT2D eigenvalue weighted by atomic mass is 35.5. The van der Waals surface area contributed by atoms with Gasteiger partial charge in [-0.3, -0.25) is 14.2 Å². The topological polar surface area (TPSA) is 55.2 Å².